The van der Waals surface area contributed by atoms with Crippen molar-refractivity contribution in [3.8, 4) is 0 Å². The third kappa shape index (κ3) is 6.22. The number of amides is 1. The molecule has 0 atom stereocenters. The van der Waals surface area contributed by atoms with Crippen LogP contribution in [0.3, 0.4) is 0 Å². The minimum absolute atomic E-state index is 0.0949. The van der Waals surface area contributed by atoms with Gasteiger partial charge in [-0.05, 0) is 39.8 Å². The number of nitrogens with two attached hydrogens (primary N) is 1. The van der Waals surface area contributed by atoms with Gasteiger partial charge in [0.2, 0.25) is 0 Å². The molecule has 0 saturated heterocycles. The van der Waals surface area contributed by atoms with Crippen molar-refractivity contribution in [1.29, 1.82) is 0 Å². The van der Waals surface area contributed by atoms with E-state index in [0.717, 1.165) is 5.56 Å². The number of aryl methyl sites for hydroxylation is 1. The molecule has 0 aromatic heterocycles. The van der Waals surface area contributed by atoms with Crippen molar-refractivity contribution in [2.24, 2.45) is 10.7 Å². The number of carbonyl (C=O) groups excluding carboxylic acids is 1. The summed E-state index contributed by atoms with van der Waals surface area (Å²) >= 11 is 0. The average molecular weight is 276 g/mol. The van der Waals surface area contributed by atoms with Gasteiger partial charge in [-0.2, -0.15) is 0 Å². The average Bonchev–Trinajstić information content (AvgIpc) is 2.33. The number of carbonyl (C=O) groups is 1. The molecule has 1 aromatic rings. The third-order valence-corrected chi connectivity index (χ3v) is 2.50. The number of benzene rings is 1. The standard InChI is InChI=1S/C15H24N4O/c1-11-5-7-12(8-6-11)13(20)17-9-10-18-14(16)19-15(2,3)4/h5-8H,9-10H2,1-4H3,(H,17,20)(H3,16,18,19). The second-order valence-corrected chi connectivity index (χ2v) is 5.76. The summed E-state index contributed by atoms with van der Waals surface area (Å²) in [5.41, 5.74) is 7.40. The number of guanidine groups is 1. The highest BCUT2D eigenvalue weighted by molar-refractivity contribution is 5.94. The van der Waals surface area contributed by atoms with E-state index in [-0.39, 0.29) is 11.4 Å². The van der Waals surface area contributed by atoms with E-state index < -0.39 is 0 Å². The van der Waals surface area contributed by atoms with Crippen molar-refractivity contribution >= 4 is 11.9 Å². The quantitative estimate of drug-likeness (QED) is 0.442. The molecule has 1 aromatic carbocycles. The smallest absolute Gasteiger partial charge is 0.251 e. The van der Waals surface area contributed by atoms with Gasteiger partial charge in [0.1, 0.15) is 0 Å². The molecule has 1 rings (SSSR count). The SMILES string of the molecule is Cc1ccc(C(=O)NCCN=C(N)NC(C)(C)C)cc1. The molecule has 1 amide bonds. The minimum atomic E-state index is -0.112. The second-order valence-electron chi connectivity index (χ2n) is 5.76. The van der Waals surface area contributed by atoms with Crippen LogP contribution in [0.15, 0.2) is 29.3 Å². The molecule has 0 aliphatic heterocycles. The molecule has 0 unspecified atom stereocenters. The van der Waals surface area contributed by atoms with Crippen molar-refractivity contribution in [3.63, 3.8) is 0 Å². The molecule has 5 nitrogen and oxygen atoms in total. The zero-order valence-electron chi connectivity index (χ0n) is 12.7. The number of hydrogen-bond donors (Lipinski definition) is 3. The number of aliphatic imine (C=N–C) groups is 1. The first-order chi connectivity index (χ1) is 9.28. The Morgan fingerprint density at radius 3 is 2.40 bits per heavy atom. The number of rotatable bonds is 4. The summed E-state index contributed by atoms with van der Waals surface area (Å²) in [6.07, 6.45) is 0. The topological polar surface area (TPSA) is 79.5 Å². The largest absolute Gasteiger partial charge is 0.370 e. The van der Waals surface area contributed by atoms with E-state index in [1.807, 2.05) is 52.0 Å². The highest BCUT2D eigenvalue weighted by Gasteiger charge is 2.09. The van der Waals surface area contributed by atoms with Gasteiger partial charge >= 0.3 is 0 Å². The van der Waals surface area contributed by atoms with Crippen LogP contribution in [0, 0.1) is 6.92 Å². The van der Waals surface area contributed by atoms with Gasteiger partial charge in [-0.3, -0.25) is 9.79 Å². The van der Waals surface area contributed by atoms with Gasteiger partial charge in [0.05, 0.1) is 6.54 Å². The molecular formula is C15H24N4O. The Labute approximate surface area is 120 Å². The van der Waals surface area contributed by atoms with Crippen molar-refractivity contribution in [2.45, 2.75) is 33.2 Å². The van der Waals surface area contributed by atoms with E-state index in [1.165, 1.54) is 0 Å². The summed E-state index contributed by atoms with van der Waals surface area (Å²) in [5.74, 6) is 0.296. The van der Waals surface area contributed by atoms with Gasteiger partial charge in [0.25, 0.3) is 5.91 Å². The van der Waals surface area contributed by atoms with Gasteiger partial charge < -0.3 is 16.4 Å². The summed E-state index contributed by atoms with van der Waals surface area (Å²) in [6, 6.07) is 7.45. The van der Waals surface area contributed by atoms with E-state index in [4.69, 9.17) is 5.73 Å². The summed E-state index contributed by atoms with van der Waals surface area (Å²) in [5, 5.41) is 5.87. The Hall–Kier alpha value is -2.04. The lowest BCUT2D eigenvalue weighted by atomic mass is 10.1. The predicted octanol–water partition coefficient (Wildman–Crippen LogP) is 1.43. The first kappa shape index (κ1) is 16.0. The molecule has 0 spiro atoms. The maximum atomic E-state index is 11.8. The lowest BCUT2D eigenvalue weighted by molar-refractivity contribution is 0.0955. The molecule has 20 heavy (non-hydrogen) atoms. The van der Waals surface area contributed by atoms with E-state index in [1.54, 1.807) is 0 Å². The normalized spacial score (nSPS) is 12.1. The molecule has 0 aliphatic carbocycles. The minimum Gasteiger partial charge on any atom is -0.370 e. The van der Waals surface area contributed by atoms with E-state index >= 15 is 0 Å². The van der Waals surface area contributed by atoms with Crippen LogP contribution in [0.25, 0.3) is 0 Å². The maximum Gasteiger partial charge on any atom is 0.251 e. The third-order valence-electron chi connectivity index (χ3n) is 2.50. The van der Waals surface area contributed by atoms with Gasteiger partial charge in [0, 0.05) is 17.6 Å². The van der Waals surface area contributed by atoms with Crippen LogP contribution in [0.4, 0.5) is 0 Å². The Balaban J connectivity index is 2.36. The number of hydrogen-bond acceptors (Lipinski definition) is 2. The van der Waals surface area contributed by atoms with Crippen molar-refractivity contribution in [3.05, 3.63) is 35.4 Å². The summed E-state index contributed by atoms with van der Waals surface area (Å²) in [6.45, 7) is 8.92. The van der Waals surface area contributed by atoms with Crippen molar-refractivity contribution in [1.82, 2.24) is 10.6 Å². The Bertz CT molecular complexity index is 472. The molecular weight excluding hydrogens is 252 g/mol. The predicted molar refractivity (Wildman–Crippen MR) is 82.9 cm³/mol. The zero-order valence-corrected chi connectivity index (χ0v) is 12.7. The fourth-order valence-electron chi connectivity index (χ4n) is 1.58. The van der Waals surface area contributed by atoms with Gasteiger partial charge in [-0.25, -0.2) is 0 Å². The lowest BCUT2D eigenvalue weighted by Crippen LogP contribution is -2.45. The molecule has 0 saturated carbocycles. The molecule has 110 valence electrons. The van der Waals surface area contributed by atoms with Gasteiger partial charge in [-0.1, -0.05) is 17.7 Å². The molecule has 0 fully saturated rings. The van der Waals surface area contributed by atoms with Crippen LogP contribution >= 0.6 is 0 Å². The first-order valence-corrected chi connectivity index (χ1v) is 6.71. The van der Waals surface area contributed by atoms with Crippen LogP contribution in [-0.4, -0.2) is 30.5 Å². The number of nitrogens with one attached hydrogen (secondary N) is 2. The van der Waals surface area contributed by atoms with Gasteiger partial charge in [0.15, 0.2) is 5.96 Å². The Morgan fingerprint density at radius 1 is 1.25 bits per heavy atom. The molecule has 0 bridgehead atoms. The fraction of sp³-hybridized carbons (Fsp3) is 0.467. The highest BCUT2D eigenvalue weighted by Crippen LogP contribution is 2.02. The molecule has 0 heterocycles. The second kappa shape index (κ2) is 6.93. The lowest BCUT2D eigenvalue weighted by Gasteiger charge is -2.20. The summed E-state index contributed by atoms with van der Waals surface area (Å²) < 4.78 is 0. The molecule has 5 heteroatoms. The summed E-state index contributed by atoms with van der Waals surface area (Å²) in [7, 11) is 0. The van der Waals surface area contributed by atoms with Crippen molar-refractivity contribution < 1.29 is 4.79 Å². The van der Waals surface area contributed by atoms with Crippen LogP contribution < -0.4 is 16.4 Å². The van der Waals surface area contributed by atoms with Crippen LogP contribution in [0.2, 0.25) is 0 Å². The van der Waals surface area contributed by atoms with Crippen molar-refractivity contribution in [2.75, 3.05) is 13.1 Å². The molecule has 4 N–H and O–H groups in total. The molecule has 0 radical (unpaired) electrons. The first-order valence-electron chi connectivity index (χ1n) is 6.71. The maximum absolute atomic E-state index is 11.8. The van der Waals surface area contributed by atoms with Gasteiger partial charge in [-0.15, -0.1) is 0 Å². The zero-order chi connectivity index (χ0) is 15.2. The Kier molecular flexibility index (Phi) is 5.55. The molecule has 0 aliphatic rings. The number of nitrogens with zero attached hydrogens (tertiary/aromatic N) is 1. The van der Waals surface area contributed by atoms with E-state index in [2.05, 4.69) is 15.6 Å². The fourth-order valence-corrected chi connectivity index (χ4v) is 1.58. The monoisotopic (exact) mass is 276 g/mol. The van der Waals surface area contributed by atoms with Crippen LogP contribution in [0.1, 0.15) is 36.7 Å². The summed E-state index contributed by atoms with van der Waals surface area (Å²) in [4.78, 5) is 16.0. The van der Waals surface area contributed by atoms with E-state index in [9.17, 15) is 4.79 Å². The van der Waals surface area contributed by atoms with Crippen LogP contribution in [0.5, 0.6) is 0 Å². The Morgan fingerprint density at radius 2 is 1.85 bits per heavy atom. The van der Waals surface area contributed by atoms with Crippen LogP contribution in [-0.2, 0) is 0 Å². The highest BCUT2D eigenvalue weighted by atomic mass is 16.1. The van der Waals surface area contributed by atoms with E-state index in [0.29, 0.717) is 24.6 Å².